The fraction of sp³-hybridized carbons (Fsp3) is 0.100. The highest BCUT2D eigenvalue weighted by Gasteiger charge is 2.05. The van der Waals surface area contributed by atoms with Crippen molar-refractivity contribution in [1.29, 1.82) is 0 Å². The van der Waals surface area contributed by atoms with Crippen LogP contribution in [0.25, 0.3) is 11.3 Å². The van der Waals surface area contributed by atoms with E-state index < -0.39 is 0 Å². The topological polar surface area (TPSA) is 47.8 Å². The average Bonchev–Trinajstić information content (AvgIpc) is 2.61. The maximum absolute atomic E-state index is 10.6. The van der Waals surface area contributed by atoms with E-state index in [-0.39, 0.29) is 0 Å². The van der Waals surface area contributed by atoms with Gasteiger partial charge in [-0.25, -0.2) is 0 Å². The molecule has 0 fully saturated rings. The third kappa shape index (κ3) is 1.42. The number of aryl methyl sites for hydroxylation is 1. The number of aldehydes is 1. The zero-order valence-electron chi connectivity index (χ0n) is 7.71. The fourth-order valence-corrected chi connectivity index (χ4v) is 1.26. The van der Waals surface area contributed by atoms with Crippen LogP contribution in [0, 0.1) is 0 Å². The molecule has 0 radical (unpaired) electrons. The van der Waals surface area contributed by atoms with E-state index in [1.165, 1.54) is 0 Å². The summed E-state index contributed by atoms with van der Waals surface area (Å²) in [7, 11) is 1.74. The van der Waals surface area contributed by atoms with E-state index >= 15 is 0 Å². The molecule has 2 heterocycles. The van der Waals surface area contributed by atoms with Gasteiger partial charge in [-0.2, -0.15) is 5.10 Å². The Bertz CT molecular complexity index is 448. The lowest BCUT2D eigenvalue weighted by Gasteiger charge is -1.92. The summed E-state index contributed by atoms with van der Waals surface area (Å²) < 4.78 is 1.56. The van der Waals surface area contributed by atoms with Gasteiger partial charge < -0.3 is 0 Å². The third-order valence-corrected chi connectivity index (χ3v) is 2.01. The van der Waals surface area contributed by atoms with Crippen LogP contribution in [0.5, 0.6) is 0 Å². The van der Waals surface area contributed by atoms with Crippen molar-refractivity contribution in [2.24, 2.45) is 7.05 Å². The molecule has 4 nitrogen and oxygen atoms in total. The molecule has 2 aromatic heterocycles. The van der Waals surface area contributed by atoms with Gasteiger partial charge in [-0.1, -0.05) is 0 Å². The minimum atomic E-state index is 0.566. The summed E-state index contributed by atoms with van der Waals surface area (Å²) in [5.41, 5.74) is 2.32. The Morgan fingerprint density at radius 1 is 1.36 bits per heavy atom. The molecule has 2 rings (SSSR count). The molecular formula is C10H9N3O. The van der Waals surface area contributed by atoms with Gasteiger partial charge in [0.2, 0.25) is 0 Å². The predicted molar refractivity (Wildman–Crippen MR) is 51.8 cm³/mol. The Labute approximate surface area is 81.2 Å². The van der Waals surface area contributed by atoms with Crippen LogP contribution in [0.15, 0.2) is 30.6 Å². The Morgan fingerprint density at radius 3 is 2.64 bits per heavy atom. The van der Waals surface area contributed by atoms with Crippen molar-refractivity contribution in [1.82, 2.24) is 14.8 Å². The second-order valence-corrected chi connectivity index (χ2v) is 2.93. The highest BCUT2D eigenvalue weighted by Crippen LogP contribution is 2.16. The normalized spacial score (nSPS) is 10.1. The van der Waals surface area contributed by atoms with Crippen molar-refractivity contribution in [3.63, 3.8) is 0 Å². The number of hydrogen-bond donors (Lipinski definition) is 0. The van der Waals surface area contributed by atoms with Gasteiger partial charge in [-0.05, 0) is 18.2 Å². The summed E-state index contributed by atoms with van der Waals surface area (Å²) in [6, 6.07) is 5.47. The molecule has 4 heteroatoms. The SMILES string of the molecule is Cn1nc(-c2ccncc2)cc1C=O. The molecule has 0 bridgehead atoms. The summed E-state index contributed by atoms with van der Waals surface area (Å²) in [5.74, 6) is 0. The van der Waals surface area contributed by atoms with Crippen LogP contribution in [0.1, 0.15) is 10.5 Å². The van der Waals surface area contributed by atoms with E-state index in [4.69, 9.17) is 0 Å². The van der Waals surface area contributed by atoms with Gasteiger partial charge in [0.15, 0.2) is 6.29 Å². The van der Waals surface area contributed by atoms with Crippen molar-refractivity contribution in [3.8, 4) is 11.3 Å². The molecule has 0 N–H and O–H groups in total. The second kappa shape index (κ2) is 3.41. The molecule has 0 unspecified atom stereocenters. The summed E-state index contributed by atoms with van der Waals surface area (Å²) >= 11 is 0. The molecule has 0 atom stereocenters. The molecule has 0 amide bonds. The molecule has 0 aliphatic rings. The molecule has 70 valence electrons. The molecule has 0 spiro atoms. The number of rotatable bonds is 2. The standard InChI is InChI=1S/C10H9N3O/c1-13-9(7-14)6-10(12-13)8-2-4-11-5-3-8/h2-7H,1H3. The van der Waals surface area contributed by atoms with Gasteiger partial charge in [-0.15, -0.1) is 0 Å². The number of carbonyl (C=O) groups is 1. The van der Waals surface area contributed by atoms with Gasteiger partial charge in [-0.3, -0.25) is 14.5 Å². The average molecular weight is 187 g/mol. The molecule has 0 saturated carbocycles. The number of nitrogens with zero attached hydrogens (tertiary/aromatic N) is 3. The predicted octanol–water partition coefficient (Wildman–Crippen LogP) is 1.29. The van der Waals surface area contributed by atoms with E-state index in [1.807, 2.05) is 12.1 Å². The number of hydrogen-bond acceptors (Lipinski definition) is 3. The minimum absolute atomic E-state index is 0.566. The van der Waals surface area contributed by atoms with Crippen molar-refractivity contribution in [2.45, 2.75) is 0 Å². The first kappa shape index (κ1) is 8.62. The smallest absolute Gasteiger partial charge is 0.168 e. The van der Waals surface area contributed by atoms with Crippen molar-refractivity contribution >= 4 is 6.29 Å². The number of pyridine rings is 1. The maximum Gasteiger partial charge on any atom is 0.168 e. The Hall–Kier alpha value is -1.97. The fourth-order valence-electron chi connectivity index (χ4n) is 1.26. The first-order valence-corrected chi connectivity index (χ1v) is 4.21. The lowest BCUT2D eigenvalue weighted by atomic mass is 10.2. The van der Waals surface area contributed by atoms with Crippen LogP contribution < -0.4 is 0 Å². The highest BCUT2D eigenvalue weighted by molar-refractivity contribution is 5.75. The monoisotopic (exact) mass is 187 g/mol. The van der Waals surface area contributed by atoms with Gasteiger partial charge in [0.1, 0.15) is 5.69 Å². The first-order valence-electron chi connectivity index (χ1n) is 4.21. The van der Waals surface area contributed by atoms with Crippen LogP contribution in [0.3, 0.4) is 0 Å². The van der Waals surface area contributed by atoms with Crippen LogP contribution in [0.2, 0.25) is 0 Å². The molecular weight excluding hydrogens is 178 g/mol. The van der Waals surface area contributed by atoms with Crippen molar-refractivity contribution in [3.05, 3.63) is 36.3 Å². The van der Waals surface area contributed by atoms with Crippen LogP contribution in [-0.2, 0) is 7.05 Å². The molecule has 0 aliphatic heterocycles. The van der Waals surface area contributed by atoms with Gasteiger partial charge in [0, 0.05) is 25.0 Å². The zero-order valence-corrected chi connectivity index (χ0v) is 7.71. The Kier molecular flexibility index (Phi) is 2.10. The van der Waals surface area contributed by atoms with E-state index in [1.54, 1.807) is 30.2 Å². The number of carbonyl (C=O) groups excluding carboxylic acids is 1. The van der Waals surface area contributed by atoms with E-state index in [0.717, 1.165) is 17.5 Å². The quantitative estimate of drug-likeness (QED) is 0.665. The van der Waals surface area contributed by atoms with E-state index in [9.17, 15) is 4.79 Å². The summed E-state index contributed by atoms with van der Waals surface area (Å²) in [6.07, 6.45) is 4.19. The molecule has 0 aromatic carbocycles. The van der Waals surface area contributed by atoms with Crippen LogP contribution >= 0.6 is 0 Å². The maximum atomic E-state index is 10.6. The summed E-state index contributed by atoms with van der Waals surface area (Å²) in [6.45, 7) is 0. The minimum Gasteiger partial charge on any atom is -0.296 e. The number of aromatic nitrogens is 3. The van der Waals surface area contributed by atoms with Crippen molar-refractivity contribution < 1.29 is 4.79 Å². The highest BCUT2D eigenvalue weighted by atomic mass is 16.1. The lowest BCUT2D eigenvalue weighted by Crippen LogP contribution is -1.95. The molecule has 14 heavy (non-hydrogen) atoms. The zero-order chi connectivity index (χ0) is 9.97. The third-order valence-electron chi connectivity index (χ3n) is 2.01. The molecule has 2 aromatic rings. The Morgan fingerprint density at radius 2 is 2.07 bits per heavy atom. The van der Waals surface area contributed by atoms with Crippen molar-refractivity contribution in [2.75, 3.05) is 0 Å². The summed E-state index contributed by atoms with van der Waals surface area (Å²) in [4.78, 5) is 14.5. The largest absolute Gasteiger partial charge is 0.296 e. The second-order valence-electron chi connectivity index (χ2n) is 2.93. The molecule has 0 saturated heterocycles. The van der Waals surface area contributed by atoms with Gasteiger partial charge in [0.25, 0.3) is 0 Å². The van der Waals surface area contributed by atoms with Gasteiger partial charge >= 0.3 is 0 Å². The Balaban J connectivity index is 2.48. The van der Waals surface area contributed by atoms with E-state index in [0.29, 0.717) is 5.69 Å². The van der Waals surface area contributed by atoms with E-state index in [2.05, 4.69) is 10.1 Å². The molecule has 0 aliphatic carbocycles. The van der Waals surface area contributed by atoms with Crippen LogP contribution in [-0.4, -0.2) is 21.1 Å². The first-order chi connectivity index (χ1) is 6.81. The van der Waals surface area contributed by atoms with Crippen LogP contribution in [0.4, 0.5) is 0 Å². The lowest BCUT2D eigenvalue weighted by molar-refractivity contribution is 0.111. The van der Waals surface area contributed by atoms with Gasteiger partial charge in [0.05, 0.1) is 5.69 Å². The summed E-state index contributed by atoms with van der Waals surface area (Å²) in [5, 5.41) is 4.21.